The molecule has 82 heavy (non-hydrogen) atoms. The van der Waals surface area contributed by atoms with Crippen LogP contribution in [0.15, 0.2) is 47.5 Å². The zero-order valence-corrected chi connectivity index (χ0v) is 57.6. The molecule has 1 heterocycles. The number of hydrogen-bond acceptors (Lipinski definition) is 0. The third-order valence-corrected chi connectivity index (χ3v) is 17.5. The van der Waals surface area contributed by atoms with Crippen LogP contribution < -0.4 is 0 Å². The molecule has 0 unspecified atom stereocenters. The van der Waals surface area contributed by atoms with Gasteiger partial charge in [0.2, 0.25) is 11.4 Å². The molecule has 0 saturated carbocycles. The normalized spacial score (nSPS) is 12.2. The summed E-state index contributed by atoms with van der Waals surface area (Å²) >= 11 is 0. The van der Waals surface area contributed by atoms with Crippen molar-refractivity contribution in [1.82, 2.24) is 0 Å². The molecule has 3 heteroatoms. The molecule has 0 amide bonds. The van der Waals surface area contributed by atoms with Crippen molar-refractivity contribution in [2.75, 3.05) is 0 Å². The first-order valence-electron chi connectivity index (χ1n) is 36.6. The molecule has 1 aliphatic heterocycles. The first kappa shape index (κ1) is 80.0. The van der Waals surface area contributed by atoms with Gasteiger partial charge < -0.3 is 19.4 Å². The van der Waals surface area contributed by atoms with E-state index in [1.807, 2.05) is 0 Å². The van der Waals surface area contributed by atoms with Crippen LogP contribution in [0.2, 0.25) is 0 Å². The van der Waals surface area contributed by atoms with Gasteiger partial charge in [0.25, 0.3) is 0 Å². The molecule has 476 valence electrons. The molecule has 0 aromatic heterocycles. The van der Waals surface area contributed by atoms with Crippen molar-refractivity contribution in [2.24, 2.45) is 0 Å². The van der Waals surface area contributed by atoms with Crippen LogP contribution in [0.25, 0.3) is 16.9 Å². The molecule has 2 aromatic rings. The molecular weight excluding hydrogens is 1040 g/mol. The van der Waals surface area contributed by atoms with Crippen LogP contribution in [0, 0.1) is 13.8 Å². The van der Waals surface area contributed by atoms with Crippen molar-refractivity contribution in [3.63, 3.8) is 0 Å². The van der Waals surface area contributed by atoms with Crippen molar-refractivity contribution in [1.29, 1.82) is 0 Å². The summed E-state index contributed by atoms with van der Waals surface area (Å²) in [6.45, 7) is 26.0. The summed E-state index contributed by atoms with van der Waals surface area (Å²) in [6, 6.07) is 14.4. The van der Waals surface area contributed by atoms with Crippen molar-refractivity contribution < 1.29 is 21.2 Å². The van der Waals surface area contributed by atoms with E-state index in [9.17, 15) is 5.53 Å². The number of nitrogens with zero attached hydrogens (tertiary/aromatic N) is 2. The summed E-state index contributed by atoms with van der Waals surface area (Å²) in [4.78, 5) is 0. The maximum absolute atomic E-state index is 12.1. The second-order valence-electron chi connectivity index (χ2n) is 25.4. The van der Waals surface area contributed by atoms with E-state index in [4.69, 9.17) is 0 Å². The Kier molecular flexibility index (Phi) is 57.9. The Morgan fingerprint density at radius 3 is 0.756 bits per heavy atom. The molecule has 2 nitrogen and oxygen atoms in total. The molecule has 0 aliphatic carbocycles. The maximum atomic E-state index is 12.1. The molecule has 0 radical (unpaired) electrons. The largest absolute Gasteiger partial charge is 2.00 e. The van der Waals surface area contributed by atoms with Gasteiger partial charge in [0.1, 0.15) is 0 Å². The number of benzene rings is 2. The molecule has 0 N–H and O–H groups in total. The summed E-state index contributed by atoms with van der Waals surface area (Å²) < 4.78 is 1.56. The van der Waals surface area contributed by atoms with E-state index in [0.29, 0.717) is 0 Å². The minimum atomic E-state index is 0. The molecular formula is C79H140N2Ni. The minimum Gasteiger partial charge on any atom is -0.493 e. The molecule has 2 aromatic carbocycles. The zero-order chi connectivity index (χ0) is 59.1. The van der Waals surface area contributed by atoms with Gasteiger partial charge in [-0.15, -0.1) is 0 Å². The Bertz CT molecular complexity index is 1740. The average Bonchev–Trinajstić information content (AvgIpc) is 3.94. The number of unbranched alkanes of at least 4 members (excludes halogenated alkanes) is 42. The van der Waals surface area contributed by atoms with Gasteiger partial charge in [-0.1, -0.05) is 330 Å². The topological polar surface area (TPSA) is 25.3 Å². The zero-order valence-electron chi connectivity index (χ0n) is 56.6. The van der Waals surface area contributed by atoms with E-state index in [-0.39, 0.29) is 16.5 Å². The average molecular weight is 1180 g/mol. The Morgan fingerprint density at radius 1 is 0.293 bits per heavy atom. The molecule has 0 bridgehead atoms. The van der Waals surface area contributed by atoms with Gasteiger partial charge in [-0.25, -0.2) is 4.70 Å². The van der Waals surface area contributed by atoms with Crippen LogP contribution in [0.5, 0.6) is 0 Å². The van der Waals surface area contributed by atoms with Crippen LogP contribution in [0.1, 0.15) is 403 Å². The Hall–Kier alpha value is -1.99. The summed E-state index contributed by atoms with van der Waals surface area (Å²) in [7, 11) is 0. The fourth-order valence-corrected chi connectivity index (χ4v) is 12.2. The standard InChI is InChI=1S/C43H66N2.2C18H37.Ni/c1-7-12-16-18-20-22-26-37-28-35(24-14-9-3)30-39(31-37)42-34(6)41(11-5)43(45(42)44)40-32-36(25-15-10-4)29-38(33-40)27-23-21-19-17-13-8-2;2*1-3-5-7-9-11-13-15-17-18-16-14-12-10-8-6-4-2;/h28-33H,7-27H2,1-6H3;2*1,3-18H2,2H3;/q;2*-1;+2. The van der Waals surface area contributed by atoms with Crippen molar-refractivity contribution in [2.45, 2.75) is 396 Å². The summed E-state index contributed by atoms with van der Waals surface area (Å²) in [5, 5.41) is 0. The van der Waals surface area contributed by atoms with E-state index in [1.54, 1.807) is 4.70 Å². The number of aryl methyl sites for hydroxylation is 4. The van der Waals surface area contributed by atoms with Gasteiger partial charge in [0, 0.05) is 22.3 Å². The van der Waals surface area contributed by atoms with Crippen LogP contribution >= 0.6 is 0 Å². The third-order valence-electron chi connectivity index (χ3n) is 17.5. The second-order valence-corrected chi connectivity index (χ2v) is 25.4. The molecule has 0 saturated heterocycles. The fourth-order valence-electron chi connectivity index (χ4n) is 12.2. The Labute approximate surface area is 525 Å². The van der Waals surface area contributed by atoms with Gasteiger partial charge in [-0.05, 0) is 111 Å². The molecule has 1 aliphatic rings. The Morgan fingerprint density at radius 2 is 0.512 bits per heavy atom. The SMILES string of the molecule is CCCCCCCCc1cc(CCCC)cc(C2=C(C)C(CC)=C(c3cc(CCCC)cc(CCCCCCCC)c3)[N+]2=[N-])c1.[CH2-]CCCCCCCCCCCCCCCCC.[CH2-]CCCCCCCCCCCCCCCCC.[Ni+2]. The number of allylic oxidation sites excluding steroid dienone is 2. The van der Waals surface area contributed by atoms with Crippen molar-refractivity contribution in [3.05, 3.63) is 100 Å². The van der Waals surface area contributed by atoms with E-state index >= 15 is 0 Å². The smallest absolute Gasteiger partial charge is 0.493 e. The van der Waals surface area contributed by atoms with Crippen LogP contribution in [-0.2, 0) is 42.2 Å². The molecule has 0 fully saturated rings. The summed E-state index contributed by atoms with van der Waals surface area (Å²) in [6.07, 6.45) is 71.7. The predicted molar refractivity (Wildman–Crippen MR) is 367 cm³/mol. The van der Waals surface area contributed by atoms with E-state index in [1.165, 1.54) is 340 Å². The van der Waals surface area contributed by atoms with Gasteiger partial charge in [-0.3, -0.25) is 0 Å². The van der Waals surface area contributed by atoms with E-state index < -0.39 is 0 Å². The van der Waals surface area contributed by atoms with Crippen molar-refractivity contribution in [3.8, 4) is 0 Å². The predicted octanol–water partition coefficient (Wildman–Crippen LogP) is 27.9. The Balaban J connectivity index is 0.00000146. The molecule has 0 spiro atoms. The minimum absolute atomic E-state index is 0. The van der Waals surface area contributed by atoms with Crippen molar-refractivity contribution >= 4 is 11.4 Å². The number of rotatable bonds is 53. The first-order valence-corrected chi connectivity index (χ1v) is 36.6. The summed E-state index contributed by atoms with van der Waals surface area (Å²) in [5.41, 5.74) is 24.6. The fraction of sp³-hybridized carbons (Fsp3) is 0.772. The molecule has 0 atom stereocenters. The van der Waals surface area contributed by atoms with Gasteiger partial charge in [-0.2, -0.15) is 12.8 Å². The second kappa shape index (κ2) is 59.4. The first-order chi connectivity index (χ1) is 39.8. The van der Waals surface area contributed by atoms with E-state index in [0.717, 1.165) is 56.3 Å². The van der Waals surface area contributed by atoms with Crippen LogP contribution in [0.3, 0.4) is 0 Å². The van der Waals surface area contributed by atoms with E-state index in [2.05, 4.69) is 106 Å². The quantitative estimate of drug-likeness (QED) is 0.0273. The molecule has 3 rings (SSSR count). The summed E-state index contributed by atoms with van der Waals surface area (Å²) in [5.74, 6) is 0. The van der Waals surface area contributed by atoms with Gasteiger partial charge in [0.15, 0.2) is 0 Å². The monoisotopic (exact) mass is 1180 g/mol. The maximum Gasteiger partial charge on any atom is 2.00 e. The van der Waals surface area contributed by atoms with Crippen LogP contribution in [-0.4, -0.2) is 4.70 Å². The third kappa shape index (κ3) is 41.2. The van der Waals surface area contributed by atoms with Gasteiger partial charge >= 0.3 is 16.5 Å². The number of hydrogen-bond donors (Lipinski definition) is 0. The van der Waals surface area contributed by atoms with Crippen LogP contribution in [0.4, 0.5) is 0 Å². The van der Waals surface area contributed by atoms with Gasteiger partial charge in [0.05, 0.1) is 0 Å².